The van der Waals surface area contributed by atoms with Gasteiger partial charge in [-0.3, -0.25) is 0 Å². The van der Waals surface area contributed by atoms with Gasteiger partial charge in [0, 0.05) is 19.2 Å². The molecule has 3 atom stereocenters. The molecule has 0 saturated carbocycles. The van der Waals surface area contributed by atoms with Crippen LogP contribution in [-0.2, 0) is 4.74 Å². The van der Waals surface area contributed by atoms with Gasteiger partial charge in [-0.1, -0.05) is 24.6 Å². The van der Waals surface area contributed by atoms with Crippen LogP contribution in [0.25, 0.3) is 0 Å². The molecule has 1 N–H and O–H groups in total. The molecule has 2 nitrogen and oxygen atoms in total. The molecule has 1 heterocycles. The minimum Gasteiger partial charge on any atom is -0.378 e. The Labute approximate surface area is 119 Å². The third kappa shape index (κ3) is 3.68. The average Bonchev–Trinajstić information content (AvgIpc) is 2.86. The van der Waals surface area contributed by atoms with E-state index in [1.165, 1.54) is 6.07 Å². The van der Waals surface area contributed by atoms with Crippen molar-refractivity contribution in [3.63, 3.8) is 0 Å². The molecule has 0 radical (unpaired) electrons. The zero-order valence-electron chi connectivity index (χ0n) is 11.5. The molecular formula is C15H21ClFNO. The van der Waals surface area contributed by atoms with E-state index in [-0.39, 0.29) is 16.9 Å². The normalized spacial score (nSPS) is 24.6. The number of ether oxygens (including phenoxy) is 1. The van der Waals surface area contributed by atoms with Crippen LogP contribution in [0, 0.1) is 11.7 Å². The summed E-state index contributed by atoms with van der Waals surface area (Å²) in [5, 5.41) is 3.63. The van der Waals surface area contributed by atoms with Crippen molar-refractivity contribution >= 4 is 11.6 Å². The Bertz CT molecular complexity index is 427. The van der Waals surface area contributed by atoms with Crippen molar-refractivity contribution in [2.24, 2.45) is 5.92 Å². The highest BCUT2D eigenvalue weighted by atomic mass is 35.5. The first-order valence-electron chi connectivity index (χ1n) is 6.91. The van der Waals surface area contributed by atoms with Gasteiger partial charge in [0.2, 0.25) is 0 Å². The summed E-state index contributed by atoms with van der Waals surface area (Å²) in [7, 11) is 0. The predicted molar refractivity (Wildman–Crippen MR) is 76.0 cm³/mol. The fourth-order valence-electron chi connectivity index (χ4n) is 2.61. The van der Waals surface area contributed by atoms with E-state index in [2.05, 4.69) is 12.2 Å². The van der Waals surface area contributed by atoms with Crippen molar-refractivity contribution in [3.05, 3.63) is 34.6 Å². The highest BCUT2D eigenvalue weighted by molar-refractivity contribution is 6.30. The first-order valence-corrected chi connectivity index (χ1v) is 7.29. The number of nitrogens with one attached hydrogen (secondary N) is 1. The first-order chi connectivity index (χ1) is 9.11. The Hall–Kier alpha value is -0.640. The second-order valence-electron chi connectivity index (χ2n) is 5.17. The molecule has 0 spiro atoms. The van der Waals surface area contributed by atoms with Gasteiger partial charge in [0.1, 0.15) is 5.82 Å². The summed E-state index contributed by atoms with van der Waals surface area (Å²) >= 11 is 5.69. The van der Waals surface area contributed by atoms with Crippen LogP contribution < -0.4 is 5.32 Å². The van der Waals surface area contributed by atoms with Crippen molar-refractivity contribution in [3.8, 4) is 0 Å². The summed E-state index contributed by atoms with van der Waals surface area (Å²) in [6.45, 7) is 5.96. The SMILES string of the molecule is CCC1OCCC1CNC(C)c1ccc(Cl)c(F)c1. The third-order valence-corrected chi connectivity index (χ3v) is 4.19. The van der Waals surface area contributed by atoms with E-state index in [0.717, 1.165) is 31.6 Å². The lowest BCUT2D eigenvalue weighted by Crippen LogP contribution is -2.30. The quantitative estimate of drug-likeness (QED) is 0.885. The molecule has 1 saturated heterocycles. The third-order valence-electron chi connectivity index (χ3n) is 3.88. The molecule has 2 rings (SSSR count). The van der Waals surface area contributed by atoms with Crippen LogP contribution in [0.2, 0.25) is 5.02 Å². The van der Waals surface area contributed by atoms with Crippen molar-refractivity contribution < 1.29 is 9.13 Å². The van der Waals surface area contributed by atoms with Crippen molar-refractivity contribution in [1.29, 1.82) is 0 Å². The Morgan fingerprint density at radius 1 is 1.53 bits per heavy atom. The summed E-state index contributed by atoms with van der Waals surface area (Å²) in [5.74, 6) is 0.202. The molecule has 0 aliphatic carbocycles. The second-order valence-corrected chi connectivity index (χ2v) is 5.58. The van der Waals surface area contributed by atoms with Crippen LogP contribution in [0.3, 0.4) is 0 Å². The lowest BCUT2D eigenvalue weighted by molar-refractivity contribution is 0.0867. The number of hydrogen-bond acceptors (Lipinski definition) is 2. The van der Waals surface area contributed by atoms with Crippen LogP contribution in [0.1, 0.15) is 38.3 Å². The molecular weight excluding hydrogens is 265 g/mol. The molecule has 3 unspecified atom stereocenters. The fraction of sp³-hybridized carbons (Fsp3) is 0.600. The van der Waals surface area contributed by atoms with E-state index < -0.39 is 0 Å². The van der Waals surface area contributed by atoms with Gasteiger partial charge >= 0.3 is 0 Å². The van der Waals surface area contributed by atoms with Crippen LogP contribution in [0.4, 0.5) is 4.39 Å². The molecule has 1 aliphatic heterocycles. The molecule has 19 heavy (non-hydrogen) atoms. The van der Waals surface area contributed by atoms with Gasteiger partial charge in [0.25, 0.3) is 0 Å². The number of hydrogen-bond donors (Lipinski definition) is 1. The zero-order chi connectivity index (χ0) is 13.8. The van der Waals surface area contributed by atoms with Gasteiger partial charge in [0.15, 0.2) is 0 Å². The van der Waals surface area contributed by atoms with Crippen molar-refractivity contribution in [2.75, 3.05) is 13.2 Å². The highest BCUT2D eigenvalue weighted by Crippen LogP contribution is 2.24. The highest BCUT2D eigenvalue weighted by Gasteiger charge is 2.26. The van der Waals surface area contributed by atoms with Gasteiger partial charge in [0.05, 0.1) is 11.1 Å². The lowest BCUT2D eigenvalue weighted by atomic mass is 9.98. The minimum atomic E-state index is -0.358. The summed E-state index contributed by atoms with van der Waals surface area (Å²) in [6.07, 6.45) is 2.52. The fourth-order valence-corrected chi connectivity index (χ4v) is 2.72. The molecule has 106 valence electrons. The van der Waals surface area contributed by atoms with Gasteiger partial charge in [-0.2, -0.15) is 0 Å². The van der Waals surface area contributed by atoms with Crippen molar-refractivity contribution in [2.45, 2.75) is 38.8 Å². The Morgan fingerprint density at radius 2 is 2.32 bits per heavy atom. The Morgan fingerprint density at radius 3 is 3.00 bits per heavy atom. The molecule has 1 fully saturated rings. The molecule has 1 aromatic carbocycles. The Kier molecular flexibility index (Phi) is 5.20. The minimum absolute atomic E-state index is 0.116. The second kappa shape index (κ2) is 6.69. The summed E-state index contributed by atoms with van der Waals surface area (Å²) in [5.41, 5.74) is 0.925. The molecule has 0 amide bonds. The van der Waals surface area contributed by atoms with Crippen LogP contribution >= 0.6 is 11.6 Å². The molecule has 4 heteroatoms. The van der Waals surface area contributed by atoms with Gasteiger partial charge in [-0.25, -0.2) is 4.39 Å². The predicted octanol–water partition coefficient (Wildman–Crippen LogP) is 3.94. The zero-order valence-corrected chi connectivity index (χ0v) is 12.2. The smallest absolute Gasteiger partial charge is 0.142 e. The van der Waals surface area contributed by atoms with Crippen LogP contribution in [0.15, 0.2) is 18.2 Å². The molecule has 0 aromatic heterocycles. The van der Waals surface area contributed by atoms with Crippen LogP contribution in [0.5, 0.6) is 0 Å². The molecule has 0 bridgehead atoms. The number of benzene rings is 1. The topological polar surface area (TPSA) is 21.3 Å². The van der Waals surface area contributed by atoms with E-state index in [1.54, 1.807) is 6.07 Å². The van der Waals surface area contributed by atoms with Crippen LogP contribution in [-0.4, -0.2) is 19.3 Å². The van der Waals surface area contributed by atoms with E-state index in [0.29, 0.717) is 12.0 Å². The van der Waals surface area contributed by atoms with Gasteiger partial charge in [-0.15, -0.1) is 0 Å². The van der Waals surface area contributed by atoms with E-state index in [1.807, 2.05) is 13.0 Å². The van der Waals surface area contributed by atoms with E-state index >= 15 is 0 Å². The lowest BCUT2D eigenvalue weighted by Gasteiger charge is -2.21. The Balaban J connectivity index is 1.90. The summed E-state index contributed by atoms with van der Waals surface area (Å²) < 4.78 is 19.1. The monoisotopic (exact) mass is 285 g/mol. The maximum Gasteiger partial charge on any atom is 0.142 e. The maximum atomic E-state index is 13.4. The largest absolute Gasteiger partial charge is 0.378 e. The first kappa shape index (κ1) is 14.8. The van der Waals surface area contributed by atoms with Gasteiger partial charge in [-0.05, 0) is 43.4 Å². The maximum absolute atomic E-state index is 13.4. The number of halogens is 2. The molecule has 1 aromatic rings. The van der Waals surface area contributed by atoms with Gasteiger partial charge < -0.3 is 10.1 Å². The van der Waals surface area contributed by atoms with Crippen molar-refractivity contribution in [1.82, 2.24) is 5.32 Å². The summed E-state index contributed by atoms with van der Waals surface area (Å²) in [4.78, 5) is 0. The number of rotatable bonds is 5. The summed E-state index contributed by atoms with van der Waals surface area (Å²) in [6, 6.07) is 5.09. The van der Waals surface area contributed by atoms with E-state index in [4.69, 9.17) is 16.3 Å². The standard InChI is InChI=1S/C15H21ClFNO/c1-3-15-12(6-7-19-15)9-18-10(2)11-4-5-13(16)14(17)8-11/h4-5,8,10,12,15,18H,3,6-7,9H2,1-2H3. The van der Waals surface area contributed by atoms with E-state index in [9.17, 15) is 4.39 Å². The molecule has 1 aliphatic rings. The average molecular weight is 286 g/mol.